The normalized spacial score (nSPS) is 16.5. The molecule has 3 aromatic carbocycles. The van der Waals surface area contributed by atoms with Gasteiger partial charge in [-0.3, -0.25) is 10.1 Å². The number of hydrogen-bond donors (Lipinski definition) is 2. The van der Waals surface area contributed by atoms with Gasteiger partial charge in [-0.1, -0.05) is 47.7 Å². The number of ether oxygens (including phenoxy) is 2. The van der Waals surface area contributed by atoms with Crippen LogP contribution in [0.4, 0.5) is 15.6 Å². The fourth-order valence-corrected chi connectivity index (χ4v) is 5.16. The van der Waals surface area contributed by atoms with Crippen LogP contribution in [0.25, 0.3) is 21.3 Å². The summed E-state index contributed by atoms with van der Waals surface area (Å²) in [6, 6.07) is 18.3. The zero-order valence-electron chi connectivity index (χ0n) is 18.6. The van der Waals surface area contributed by atoms with Crippen molar-refractivity contribution in [1.29, 1.82) is 0 Å². The molecule has 3 amide bonds. The Labute approximate surface area is 204 Å². The summed E-state index contributed by atoms with van der Waals surface area (Å²) in [4.78, 5) is 27.7. The van der Waals surface area contributed by atoms with Crippen LogP contribution in [0.5, 0.6) is 11.5 Å². The van der Waals surface area contributed by atoms with Crippen molar-refractivity contribution in [3.8, 4) is 22.1 Å². The molecular formula is C25H21N5O4S. The molecule has 9 nitrogen and oxygen atoms in total. The molecule has 4 aromatic rings. The summed E-state index contributed by atoms with van der Waals surface area (Å²) in [7, 11) is 0. The van der Waals surface area contributed by atoms with Gasteiger partial charge in [0.05, 0.1) is 5.69 Å². The molecule has 35 heavy (non-hydrogen) atoms. The first-order valence-electron chi connectivity index (χ1n) is 11.3. The van der Waals surface area contributed by atoms with Crippen molar-refractivity contribution >= 4 is 44.9 Å². The minimum Gasteiger partial charge on any atom is -0.454 e. The number of anilines is 2. The fourth-order valence-electron chi connectivity index (χ4n) is 4.41. The quantitative estimate of drug-likeness (QED) is 0.431. The minimum atomic E-state index is -0.581. The van der Waals surface area contributed by atoms with Gasteiger partial charge >= 0.3 is 6.03 Å². The van der Waals surface area contributed by atoms with Gasteiger partial charge in [-0.25, -0.2) is 4.79 Å². The zero-order chi connectivity index (χ0) is 23.8. The van der Waals surface area contributed by atoms with E-state index in [2.05, 4.69) is 20.8 Å². The molecule has 2 aliphatic rings. The van der Waals surface area contributed by atoms with E-state index in [9.17, 15) is 9.59 Å². The SMILES string of the molecule is O=C(Nc1nnc(-c2ccc3c(c2)OCO3)s1)C1CCCN1C(=O)Nc1cccc2ccccc12. The third-order valence-corrected chi connectivity index (χ3v) is 7.01. The second-order valence-corrected chi connectivity index (χ2v) is 9.26. The number of carbonyl (C=O) groups excluding carboxylic acids is 2. The Hall–Kier alpha value is -4.18. The van der Waals surface area contributed by atoms with Crippen molar-refractivity contribution < 1.29 is 19.1 Å². The second-order valence-electron chi connectivity index (χ2n) is 8.28. The van der Waals surface area contributed by atoms with Crippen LogP contribution in [0.15, 0.2) is 60.7 Å². The molecule has 2 aliphatic heterocycles. The number of rotatable bonds is 4. The fraction of sp³-hybridized carbons (Fsp3) is 0.200. The number of nitrogens with zero attached hydrogens (tertiary/aromatic N) is 3. The van der Waals surface area contributed by atoms with Crippen LogP contribution in [0.2, 0.25) is 0 Å². The zero-order valence-corrected chi connectivity index (χ0v) is 19.4. The van der Waals surface area contributed by atoms with E-state index in [-0.39, 0.29) is 18.7 Å². The lowest BCUT2D eigenvalue weighted by Crippen LogP contribution is -2.45. The summed E-state index contributed by atoms with van der Waals surface area (Å²) >= 11 is 1.26. The van der Waals surface area contributed by atoms with Gasteiger partial charge in [-0.2, -0.15) is 0 Å². The van der Waals surface area contributed by atoms with Crippen LogP contribution >= 0.6 is 11.3 Å². The van der Waals surface area contributed by atoms with Gasteiger partial charge in [0.15, 0.2) is 11.5 Å². The highest BCUT2D eigenvalue weighted by molar-refractivity contribution is 7.18. The molecule has 6 rings (SSSR count). The number of likely N-dealkylation sites (tertiary alicyclic amines) is 1. The Bertz CT molecular complexity index is 1430. The van der Waals surface area contributed by atoms with Crippen molar-refractivity contribution in [2.24, 2.45) is 0 Å². The standard InChI is InChI=1S/C25H21N5O4S/c31-22(27-24-29-28-23(35-24)16-10-11-20-21(13-16)34-14-33-20)19-9-4-12-30(19)25(32)26-18-8-3-6-15-5-1-2-7-17(15)18/h1-3,5-8,10-11,13,19H,4,9,12,14H2,(H,26,32)(H,27,29,31). The number of aromatic nitrogens is 2. The Morgan fingerprint density at radius 2 is 1.83 bits per heavy atom. The second kappa shape index (κ2) is 8.88. The lowest BCUT2D eigenvalue weighted by molar-refractivity contribution is -0.119. The number of nitrogens with one attached hydrogen (secondary N) is 2. The maximum absolute atomic E-state index is 13.1. The number of urea groups is 1. The van der Waals surface area contributed by atoms with E-state index in [0.29, 0.717) is 34.6 Å². The highest BCUT2D eigenvalue weighted by Gasteiger charge is 2.35. The molecule has 1 fully saturated rings. The molecule has 10 heteroatoms. The first-order valence-corrected chi connectivity index (χ1v) is 12.1. The lowest BCUT2D eigenvalue weighted by atomic mass is 10.1. The van der Waals surface area contributed by atoms with Crippen LogP contribution in [0, 0.1) is 0 Å². The van der Waals surface area contributed by atoms with Crippen LogP contribution in [0.3, 0.4) is 0 Å². The van der Waals surface area contributed by atoms with Gasteiger partial charge in [-0.05, 0) is 42.5 Å². The summed E-state index contributed by atoms with van der Waals surface area (Å²) in [5.74, 6) is 1.07. The highest BCUT2D eigenvalue weighted by Crippen LogP contribution is 2.37. The number of amides is 3. The third-order valence-electron chi connectivity index (χ3n) is 6.12. The van der Waals surface area contributed by atoms with Gasteiger partial charge in [0.2, 0.25) is 17.8 Å². The molecule has 0 aliphatic carbocycles. The van der Waals surface area contributed by atoms with E-state index >= 15 is 0 Å². The van der Waals surface area contributed by atoms with E-state index < -0.39 is 6.04 Å². The van der Waals surface area contributed by atoms with Gasteiger partial charge in [-0.15, -0.1) is 10.2 Å². The molecule has 1 unspecified atom stereocenters. The summed E-state index contributed by atoms with van der Waals surface area (Å²) in [6.45, 7) is 0.704. The molecule has 1 atom stereocenters. The molecule has 0 saturated carbocycles. The van der Waals surface area contributed by atoms with Gasteiger partial charge in [0.1, 0.15) is 11.0 Å². The number of hydrogen-bond acceptors (Lipinski definition) is 7. The van der Waals surface area contributed by atoms with E-state index in [1.807, 2.05) is 60.7 Å². The molecule has 1 saturated heterocycles. The molecule has 0 radical (unpaired) electrons. The third kappa shape index (κ3) is 4.12. The van der Waals surface area contributed by atoms with E-state index in [1.54, 1.807) is 4.90 Å². The Kier molecular flexibility index (Phi) is 5.42. The molecule has 3 heterocycles. The maximum atomic E-state index is 13.1. The Morgan fingerprint density at radius 3 is 2.77 bits per heavy atom. The topological polar surface area (TPSA) is 106 Å². The first-order chi connectivity index (χ1) is 17.2. The van der Waals surface area contributed by atoms with Crippen molar-refractivity contribution in [3.63, 3.8) is 0 Å². The number of carbonyl (C=O) groups is 2. The average molecular weight is 488 g/mol. The van der Waals surface area contributed by atoms with Crippen molar-refractivity contribution in [2.45, 2.75) is 18.9 Å². The smallest absolute Gasteiger partial charge is 0.322 e. The van der Waals surface area contributed by atoms with E-state index in [4.69, 9.17) is 9.47 Å². The van der Waals surface area contributed by atoms with Crippen molar-refractivity contribution in [3.05, 3.63) is 60.7 Å². The Morgan fingerprint density at radius 1 is 0.971 bits per heavy atom. The molecule has 0 bridgehead atoms. The van der Waals surface area contributed by atoms with Gasteiger partial charge in [0, 0.05) is 17.5 Å². The lowest BCUT2D eigenvalue weighted by Gasteiger charge is -2.24. The Balaban J connectivity index is 1.14. The minimum absolute atomic E-state index is 0.197. The van der Waals surface area contributed by atoms with Crippen molar-refractivity contribution in [2.75, 3.05) is 24.0 Å². The highest BCUT2D eigenvalue weighted by atomic mass is 32.1. The van der Waals surface area contributed by atoms with Gasteiger partial charge in [0.25, 0.3) is 0 Å². The predicted molar refractivity (Wildman–Crippen MR) is 133 cm³/mol. The molecule has 0 spiro atoms. The average Bonchev–Trinajstić information content (AvgIpc) is 3.64. The molecule has 2 N–H and O–H groups in total. The summed E-state index contributed by atoms with van der Waals surface area (Å²) < 4.78 is 10.8. The van der Waals surface area contributed by atoms with E-state index in [1.165, 1.54) is 11.3 Å². The van der Waals surface area contributed by atoms with Crippen molar-refractivity contribution in [1.82, 2.24) is 15.1 Å². The monoisotopic (exact) mass is 487 g/mol. The largest absolute Gasteiger partial charge is 0.454 e. The van der Waals surface area contributed by atoms with Crippen LogP contribution in [-0.2, 0) is 4.79 Å². The van der Waals surface area contributed by atoms with E-state index in [0.717, 1.165) is 28.4 Å². The van der Waals surface area contributed by atoms with Crippen LogP contribution in [-0.4, -0.2) is 46.4 Å². The number of benzene rings is 3. The molecule has 1 aromatic heterocycles. The van der Waals surface area contributed by atoms with Crippen LogP contribution < -0.4 is 20.1 Å². The summed E-state index contributed by atoms with van der Waals surface area (Å²) in [5, 5.41) is 17.1. The molecule has 176 valence electrons. The maximum Gasteiger partial charge on any atom is 0.322 e. The molecular weight excluding hydrogens is 466 g/mol. The van der Waals surface area contributed by atoms with Gasteiger partial charge < -0.3 is 19.7 Å². The number of fused-ring (bicyclic) bond motifs is 2. The first kappa shape index (κ1) is 21.4. The summed E-state index contributed by atoms with van der Waals surface area (Å²) in [6.07, 6.45) is 1.34. The van der Waals surface area contributed by atoms with Crippen LogP contribution in [0.1, 0.15) is 12.8 Å². The predicted octanol–water partition coefficient (Wildman–Crippen LogP) is 4.72. The summed E-state index contributed by atoms with van der Waals surface area (Å²) in [5.41, 5.74) is 1.54.